The number of ether oxygens (including phenoxy) is 1. The summed E-state index contributed by atoms with van der Waals surface area (Å²) in [6, 6.07) is 3.14. The smallest absolute Gasteiger partial charge is 0.328 e. The SMILES string of the molecule is COC(=O)C(C)N1CCCNC1=C(C#N)C#N. The third-order valence-electron chi connectivity index (χ3n) is 2.63. The van der Waals surface area contributed by atoms with Gasteiger partial charge in [-0.05, 0) is 13.3 Å². The van der Waals surface area contributed by atoms with Crippen LogP contribution in [0.1, 0.15) is 13.3 Å². The number of nitrogens with one attached hydrogen (secondary N) is 1. The first-order valence-corrected chi connectivity index (χ1v) is 5.28. The Labute approximate surface area is 100 Å². The van der Waals surface area contributed by atoms with Crippen LogP contribution in [0.4, 0.5) is 0 Å². The molecule has 90 valence electrons. The molecule has 0 saturated carbocycles. The first-order chi connectivity index (χ1) is 8.15. The van der Waals surface area contributed by atoms with Gasteiger partial charge in [0, 0.05) is 13.1 Å². The molecule has 17 heavy (non-hydrogen) atoms. The summed E-state index contributed by atoms with van der Waals surface area (Å²) in [6.45, 7) is 2.99. The Balaban J connectivity index is 3.04. The molecule has 0 aromatic rings. The van der Waals surface area contributed by atoms with Gasteiger partial charge in [0.2, 0.25) is 0 Å². The molecule has 0 radical (unpaired) electrons. The van der Waals surface area contributed by atoms with Gasteiger partial charge in [-0.2, -0.15) is 10.5 Å². The Kier molecular flexibility index (Phi) is 4.36. The Hall–Kier alpha value is -2.21. The lowest BCUT2D eigenvalue weighted by Gasteiger charge is -2.35. The van der Waals surface area contributed by atoms with Crippen LogP contribution in [-0.4, -0.2) is 37.1 Å². The molecule has 1 heterocycles. The molecular formula is C11H14N4O2. The van der Waals surface area contributed by atoms with E-state index in [2.05, 4.69) is 10.1 Å². The lowest BCUT2D eigenvalue weighted by molar-refractivity contribution is -0.145. The number of carbonyl (C=O) groups excluding carboxylic acids is 1. The van der Waals surface area contributed by atoms with Crippen molar-refractivity contribution >= 4 is 5.97 Å². The zero-order chi connectivity index (χ0) is 12.8. The largest absolute Gasteiger partial charge is 0.467 e. The lowest BCUT2D eigenvalue weighted by Crippen LogP contribution is -2.48. The van der Waals surface area contributed by atoms with Crippen molar-refractivity contribution < 1.29 is 9.53 Å². The van der Waals surface area contributed by atoms with E-state index in [1.165, 1.54) is 7.11 Å². The Bertz CT molecular complexity index is 400. The van der Waals surface area contributed by atoms with Crippen molar-refractivity contribution in [3.05, 3.63) is 11.4 Å². The van der Waals surface area contributed by atoms with Crippen molar-refractivity contribution in [1.29, 1.82) is 10.5 Å². The van der Waals surface area contributed by atoms with E-state index in [0.717, 1.165) is 6.42 Å². The Morgan fingerprint density at radius 1 is 1.53 bits per heavy atom. The number of allylic oxidation sites excluding steroid dienone is 1. The second-order valence-electron chi connectivity index (χ2n) is 3.62. The third-order valence-corrected chi connectivity index (χ3v) is 2.63. The molecule has 0 amide bonds. The lowest BCUT2D eigenvalue weighted by atomic mass is 10.1. The highest BCUT2D eigenvalue weighted by Crippen LogP contribution is 2.16. The third kappa shape index (κ3) is 2.67. The molecule has 0 aromatic carbocycles. The predicted molar refractivity (Wildman–Crippen MR) is 59.1 cm³/mol. The zero-order valence-corrected chi connectivity index (χ0v) is 9.86. The molecular weight excluding hydrogens is 220 g/mol. The topological polar surface area (TPSA) is 89.2 Å². The molecule has 1 N–H and O–H groups in total. The fraction of sp³-hybridized carbons (Fsp3) is 0.545. The van der Waals surface area contributed by atoms with E-state index in [9.17, 15) is 4.79 Å². The van der Waals surface area contributed by atoms with Crippen LogP contribution < -0.4 is 5.32 Å². The van der Waals surface area contributed by atoms with Gasteiger partial charge in [-0.1, -0.05) is 0 Å². The summed E-state index contributed by atoms with van der Waals surface area (Å²) >= 11 is 0. The van der Waals surface area contributed by atoms with Crippen LogP contribution in [0.15, 0.2) is 11.4 Å². The molecule has 1 unspecified atom stereocenters. The number of carbonyl (C=O) groups is 1. The number of hydrogen-bond donors (Lipinski definition) is 1. The summed E-state index contributed by atoms with van der Waals surface area (Å²) < 4.78 is 4.66. The van der Waals surface area contributed by atoms with E-state index in [-0.39, 0.29) is 11.5 Å². The van der Waals surface area contributed by atoms with Crippen molar-refractivity contribution in [1.82, 2.24) is 10.2 Å². The fourth-order valence-electron chi connectivity index (χ4n) is 1.72. The maximum absolute atomic E-state index is 11.5. The Morgan fingerprint density at radius 3 is 2.71 bits per heavy atom. The van der Waals surface area contributed by atoms with Gasteiger partial charge < -0.3 is 15.0 Å². The second kappa shape index (κ2) is 5.76. The maximum atomic E-state index is 11.5. The number of esters is 1. The van der Waals surface area contributed by atoms with Crippen molar-refractivity contribution in [2.24, 2.45) is 0 Å². The van der Waals surface area contributed by atoms with Gasteiger partial charge >= 0.3 is 5.97 Å². The number of nitriles is 2. The van der Waals surface area contributed by atoms with E-state index < -0.39 is 6.04 Å². The minimum atomic E-state index is -0.514. The van der Waals surface area contributed by atoms with Crippen LogP contribution in [0.5, 0.6) is 0 Å². The minimum Gasteiger partial charge on any atom is -0.467 e. The fourth-order valence-corrected chi connectivity index (χ4v) is 1.72. The van der Waals surface area contributed by atoms with Crippen molar-refractivity contribution in [3.63, 3.8) is 0 Å². The van der Waals surface area contributed by atoms with Crippen molar-refractivity contribution in [2.75, 3.05) is 20.2 Å². The van der Waals surface area contributed by atoms with Gasteiger partial charge in [-0.25, -0.2) is 4.79 Å². The summed E-state index contributed by atoms with van der Waals surface area (Å²) in [6.07, 6.45) is 0.842. The molecule has 1 saturated heterocycles. The van der Waals surface area contributed by atoms with E-state index in [0.29, 0.717) is 18.9 Å². The van der Waals surface area contributed by atoms with E-state index >= 15 is 0 Å². The molecule has 6 heteroatoms. The monoisotopic (exact) mass is 234 g/mol. The molecule has 6 nitrogen and oxygen atoms in total. The molecule has 1 rings (SSSR count). The van der Waals surface area contributed by atoms with Crippen molar-refractivity contribution in [2.45, 2.75) is 19.4 Å². The highest BCUT2D eigenvalue weighted by Gasteiger charge is 2.28. The van der Waals surface area contributed by atoms with Gasteiger partial charge in [0.05, 0.1) is 7.11 Å². The van der Waals surface area contributed by atoms with Crippen LogP contribution in [0, 0.1) is 22.7 Å². The van der Waals surface area contributed by atoms with Crippen LogP contribution in [0.3, 0.4) is 0 Å². The highest BCUT2D eigenvalue weighted by molar-refractivity contribution is 5.75. The summed E-state index contributed by atoms with van der Waals surface area (Å²) in [4.78, 5) is 13.2. The normalized spacial score (nSPS) is 16.2. The van der Waals surface area contributed by atoms with Gasteiger partial charge in [0.1, 0.15) is 24.0 Å². The average molecular weight is 234 g/mol. The highest BCUT2D eigenvalue weighted by atomic mass is 16.5. The summed E-state index contributed by atoms with van der Waals surface area (Å²) in [5.74, 6) is 0.0283. The predicted octanol–water partition coefficient (Wildman–Crippen LogP) is 0.102. The van der Waals surface area contributed by atoms with Crippen LogP contribution in [-0.2, 0) is 9.53 Å². The van der Waals surface area contributed by atoms with Gasteiger partial charge in [0.25, 0.3) is 0 Å². The first-order valence-electron chi connectivity index (χ1n) is 5.28. The van der Waals surface area contributed by atoms with Crippen molar-refractivity contribution in [3.8, 4) is 12.1 Å². The molecule has 1 aliphatic rings. The second-order valence-corrected chi connectivity index (χ2v) is 3.62. The molecule has 1 fully saturated rings. The Morgan fingerprint density at radius 2 is 2.18 bits per heavy atom. The minimum absolute atomic E-state index is 0.0135. The molecule has 0 aliphatic carbocycles. The number of hydrogen-bond acceptors (Lipinski definition) is 6. The van der Waals surface area contributed by atoms with E-state index in [1.807, 2.05) is 12.1 Å². The van der Waals surface area contributed by atoms with E-state index in [1.54, 1.807) is 11.8 Å². The van der Waals surface area contributed by atoms with Crippen LogP contribution in [0.25, 0.3) is 0 Å². The molecule has 0 aromatic heterocycles. The van der Waals surface area contributed by atoms with Crippen LogP contribution >= 0.6 is 0 Å². The summed E-state index contributed by atoms with van der Waals surface area (Å²) in [7, 11) is 1.31. The maximum Gasteiger partial charge on any atom is 0.328 e. The zero-order valence-electron chi connectivity index (χ0n) is 9.86. The standard InChI is InChI=1S/C11H14N4O2/c1-8(11(16)17-2)15-5-3-4-14-10(15)9(6-12)7-13/h8,14H,3-5H2,1-2H3. The molecule has 0 bridgehead atoms. The first kappa shape index (κ1) is 12.9. The number of methoxy groups -OCH3 is 1. The molecule has 1 aliphatic heterocycles. The van der Waals surface area contributed by atoms with E-state index in [4.69, 9.17) is 10.5 Å². The summed E-state index contributed by atoms with van der Waals surface area (Å²) in [5, 5.41) is 20.7. The van der Waals surface area contributed by atoms with Gasteiger partial charge in [-0.3, -0.25) is 0 Å². The molecule has 1 atom stereocenters. The van der Waals surface area contributed by atoms with Crippen LogP contribution in [0.2, 0.25) is 0 Å². The van der Waals surface area contributed by atoms with Gasteiger partial charge in [0.15, 0.2) is 5.57 Å². The average Bonchev–Trinajstić information content (AvgIpc) is 2.39. The van der Waals surface area contributed by atoms with Gasteiger partial charge in [-0.15, -0.1) is 0 Å². The number of rotatable bonds is 2. The molecule has 0 spiro atoms. The summed E-state index contributed by atoms with van der Waals surface area (Å²) in [5.41, 5.74) is -0.0135. The quantitative estimate of drug-likeness (QED) is 0.538. The number of nitrogens with zero attached hydrogens (tertiary/aromatic N) is 3.